The molecule has 0 atom stereocenters. The first-order chi connectivity index (χ1) is 12.2. The van der Waals surface area contributed by atoms with Gasteiger partial charge in [0.15, 0.2) is 0 Å². The van der Waals surface area contributed by atoms with Gasteiger partial charge in [-0.05, 0) is 12.8 Å². The van der Waals surface area contributed by atoms with Crippen molar-refractivity contribution in [3.63, 3.8) is 0 Å². The number of rotatable bonds is 18. The summed E-state index contributed by atoms with van der Waals surface area (Å²) in [6.45, 7) is 4.70. The van der Waals surface area contributed by atoms with Gasteiger partial charge in [-0.15, -0.1) is 0 Å². The van der Waals surface area contributed by atoms with Crippen molar-refractivity contribution in [1.82, 2.24) is 0 Å². The van der Waals surface area contributed by atoms with Crippen molar-refractivity contribution in [2.75, 3.05) is 26.4 Å². The van der Waals surface area contributed by atoms with Crippen LogP contribution in [0.4, 0.5) is 0 Å². The number of unbranched alkanes of at least 4 members (excludes halogenated alkanes) is 10. The summed E-state index contributed by atoms with van der Waals surface area (Å²) in [5, 5.41) is 0. The highest BCUT2D eigenvalue weighted by Crippen LogP contribution is 2.10. The molecule has 0 aromatic rings. The monoisotopic (exact) mass is 358 g/mol. The zero-order valence-corrected chi connectivity index (χ0v) is 16.4. The molecule has 0 saturated carbocycles. The number of ether oxygens (including phenoxy) is 3. The van der Waals surface area contributed by atoms with Crippen LogP contribution in [0.3, 0.4) is 0 Å². The van der Waals surface area contributed by atoms with Gasteiger partial charge >= 0.3 is 11.9 Å². The van der Waals surface area contributed by atoms with Crippen molar-refractivity contribution >= 4 is 11.9 Å². The Morgan fingerprint density at radius 1 is 0.560 bits per heavy atom. The van der Waals surface area contributed by atoms with Crippen LogP contribution in [0.5, 0.6) is 0 Å². The van der Waals surface area contributed by atoms with E-state index in [4.69, 9.17) is 14.2 Å². The Morgan fingerprint density at radius 2 is 0.960 bits per heavy atom. The van der Waals surface area contributed by atoms with E-state index in [1.54, 1.807) is 0 Å². The molecule has 0 aliphatic heterocycles. The molecule has 0 saturated heterocycles. The van der Waals surface area contributed by atoms with Crippen LogP contribution in [-0.2, 0) is 23.8 Å². The summed E-state index contributed by atoms with van der Waals surface area (Å²) in [6.07, 6.45) is 14.3. The van der Waals surface area contributed by atoms with Gasteiger partial charge in [-0.3, -0.25) is 0 Å². The van der Waals surface area contributed by atoms with Gasteiger partial charge in [0.1, 0.15) is 13.2 Å². The quantitative estimate of drug-likeness (QED) is 0.260. The Bertz CT molecular complexity index is 317. The van der Waals surface area contributed by atoms with Crippen LogP contribution >= 0.6 is 0 Å². The number of hydrogen-bond donors (Lipinski definition) is 0. The highest BCUT2D eigenvalue weighted by molar-refractivity contribution is 5.73. The molecule has 0 aliphatic rings. The van der Waals surface area contributed by atoms with Gasteiger partial charge in [0.05, 0.1) is 13.2 Å². The maximum absolute atomic E-state index is 11.4. The smallest absolute Gasteiger partial charge is 0.332 e. The molecule has 0 bridgehead atoms. The predicted molar refractivity (Wildman–Crippen MR) is 99.5 cm³/mol. The maximum Gasteiger partial charge on any atom is 0.332 e. The van der Waals surface area contributed by atoms with E-state index in [0.29, 0.717) is 13.2 Å². The van der Waals surface area contributed by atoms with Crippen LogP contribution in [0.1, 0.15) is 90.9 Å². The van der Waals surface area contributed by atoms with Crippen LogP contribution in [0, 0.1) is 0 Å². The topological polar surface area (TPSA) is 61.8 Å². The van der Waals surface area contributed by atoms with Gasteiger partial charge in [0, 0.05) is 0 Å². The fourth-order valence-electron chi connectivity index (χ4n) is 2.41. The second-order valence-electron chi connectivity index (χ2n) is 6.47. The molecule has 0 aliphatic carbocycles. The van der Waals surface area contributed by atoms with Crippen LogP contribution in [0.25, 0.3) is 0 Å². The first kappa shape index (κ1) is 23.9. The van der Waals surface area contributed by atoms with Crippen LogP contribution < -0.4 is 0 Å². The summed E-state index contributed by atoms with van der Waals surface area (Å²) in [4.78, 5) is 22.7. The van der Waals surface area contributed by atoms with Crippen molar-refractivity contribution < 1.29 is 23.8 Å². The zero-order chi connectivity index (χ0) is 18.6. The lowest BCUT2D eigenvalue weighted by molar-refractivity contribution is -0.155. The van der Waals surface area contributed by atoms with E-state index in [1.807, 2.05) is 6.92 Å². The van der Waals surface area contributed by atoms with Gasteiger partial charge in [-0.1, -0.05) is 78.1 Å². The molecule has 0 heterocycles. The zero-order valence-electron chi connectivity index (χ0n) is 16.4. The molecule has 0 aromatic heterocycles. The molecular formula is C20H38O5. The van der Waals surface area contributed by atoms with Gasteiger partial charge < -0.3 is 14.2 Å². The SMILES string of the molecule is CCCCCCCCCCCCOC(=O)COCC(=O)OCCCC. The summed E-state index contributed by atoms with van der Waals surface area (Å²) >= 11 is 0. The minimum atomic E-state index is -0.434. The van der Waals surface area contributed by atoms with Gasteiger partial charge in [0.25, 0.3) is 0 Å². The summed E-state index contributed by atoms with van der Waals surface area (Å²) < 4.78 is 15.0. The number of esters is 2. The molecule has 25 heavy (non-hydrogen) atoms. The van der Waals surface area contributed by atoms with Crippen molar-refractivity contribution in [2.24, 2.45) is 0 Å². The molecule has 0 spiro atoms. The summed E-state index contributed by atoms with van der Waals surface area (Å²) in [6, 6.07) is 0. The Labute approximate surface area is 153 Å². The molecule has 0 aromatic carbocycles. The minimum Gasteiger partial charge on any atom is -0.464 e. The number of hydrogen-bond acceptors (Lipinski definition) is 5. The average molecular weight is 359 g/mol. The van der Waals surface area contributed by atoms with E-state index in [-0.39, 0.29) is 13.2 Å². The van der Waals surface area contributed by atoms with Crippen molar-refractivity contribution in [3.05, 3.63) is 0 Å². The molecule has 0 fully saturated rings. The highest BCUT2D eigenvalue weighted by Gasteiger charge is 2.07. The standard InChI is InChI=1S/C20H38O5/c1-3-5-7-8-9-10-11-12-13-14-16-25-20(22)18-23-17-19(21)24-15-6-4-2/h3-18H2,1-2H3. The van der Waals surface area contributed by atoms with Gasteiger partial charge in [-0.2, -0.15) is 0 Å². The third-order valence-electron chi connectivity index (χ3n) is 3.96. The maximum atomic E-state index is 11.4. The minimum absolute atomic E-state index is 0.194. The average Bonchev–Trinajstić information content (AvgIpc) is 2.60. The Kier molecular flexibility index (Phi) is 18.4. The van der Waals surface area contributed by atoms with Crippen molar-refractivity contribution in [1.29, 1.82) is 0 Å². The van der Waals surface area contributed by atoms with Gasteiger partial charge in [-0.25, -0.2) is 9.59 Å². The van der Waals surface area contributed by atoms with E-state index < -0.39 is 11.9 Å². The number of carbonyl (C=O) groups is 2. The second kappa shape index (κ2) is 19.2. The lowest BCUT2D eigenvalue weighted by Crippen LogP contribution is -2.19. The Morgan fingerprint density at radius 3 is 1.44 bits per heavy atom. The van der Waals surface area contributed by atoms with E-state index in [2.05, 4.69) is 6.92 Å². The molecule has 5 heteroatoms. The molecule has 0 amide bonds. The van der Waals surface area contributed by atoms with Crippen LogP contribution in [-0.4, -0.2) is 38.4 Å². The Balaban J connectivity index is 3.26. The molecule has 0 rings (SSSR count). The predicted octanol–water partition coefficient (Wildman–Crippen LogP) is 4.81. The lowest BCUT2D eigenvalue weighted by atomic mass is 10.1. The van der Waals surface area contributed by atoms with E-state index in [9.17, 15) is 9.59 Å². The fraction of sp³-hybridized carbons (Fsp3) is 0.900. The molecule has 0 N–H and O–H groups in total. The third-order valence-corrected chi connectivity index (χ3v) is 3.96. The van der Waals surface area contributed by atoms with Crippen LogP contribution in [0.15, 0.2) is 0 Å². The molecule has 0 unspecified atom stereocenters. The summed E-state index contributed by atoms with van der Waals surface area (Å²) in [5.74, 6) is -0.853. The molecular weight excluding hydrogens is 320 g/mol. The third kappa shape index (κ3) is 19.1. The molecule has 148 valence electrons. The van der Waals surface area contributed by atoms with Crippen LogP contribution in [0.2, 0.25) is 0 Å². The normalized spacial score (nSPS) is 10.6. The van der Waals surface area contributed by atoms with E-state index in [1.165, 1.54) is 51.4 Å². The van der Waals surface area contributed by atoms with E-state index >= 15 is 0 Å². The Hall–Kier alpha value is -1.10. The first-order valence-corrected chi connectivity index (χ1v) is 10.1. The largest absolute Gasteiger partial charge is 0.464 e. The summed E-state index contributed by atoms with van der Waals surface area (Å²) in [5.41, 5.74) is 0. The van der Waals surface area contributed by atoms with Crippen molar-refractivity contribution in [3.8, 4) is 0 Å². The fourth-order valence-corrected chi connectivity index (χ4v) is 2.41. The molecule has 5 nitrogen and oxygen atoms in total. The van der Waals surface area contributed by atoms with Crippen molar-refractivity contribution in [2.45, 2.75) is 90.9 Å². The summed E-state index contributed by atoms with van der Waals surface area (Å²) in [7, 11) is 0. The second-order valence-corrected chi connectivity index (χ2v) is 6.47. The first-order valence-electron chi connectivity index (χ1n) is 10.1. The number of carbonyl (C=O) groups excluding carboxylic acids is 2. The van der Waals surface area contributed by atoms with E-state index in [0.717, 1.165) is 25.7 Å². The van der Waals surface area contributed by atoms with Gasteiger partial charge in [0.2, 0.25) is 0 Å². The lowest BCUT2D eigenvalue weighted by Gasteiger charge is -2.06. The highest BCUT2D eigenvalue weighted by atomic mass is 16.6. The molecule has 0 radical (unpaired) electrons.